The number of ether oxygens (including phenoxy) is 1. The lowest BCUT2D eigenvalue weighted by atomic mass is 10.0. The van der Waals surface area contributed by atoms with Crippen LogP contribution in [0.5, 0.6) is 5.75 Å². The SMILES string of the molecule is CCCC1CC1NC(=NC)NC(C)c1cc(C)ccc1OC. The first-order chi connectivity index (χ1) is 10.6. The van der Waals surface area contributed by atoms with Gasteiger partial charge >= 0.3 is 0 Å². The zero-order valence-corrected chi connectivity index (χ0v) is 14.4. The third kappa shape index (κ3) is 4.15. The number of nitrogens with zero attached hydrogens (tertiary/aromatic N) is 1. The Kier molecular flexibility index (Phi) is 5.69. The summed E-state index contributed by atoms with van der Waals surface area (Å²) in [4.78, 5) is 4.36. The highest BCUT2D eigenvalue weighted by atomic mass is 16.5. The van der Waals surface area contributed by atoms with Gasteiger partial charge in [0.2, 0.25) is 0 Å². The molecule has 1 aliphatic carbocycles. The number of benzene rings is 1. The first-order valence-electron chi connectivity index (χ1n) is 8.23. The molecule has 4 heteroatoms. The molecule has 0 aliphatic heterocycles. The molecule has 0 bridgehead atoms. The minimum absolute atomic E-state index is 0.143. The van der Waals surface area contributed by atoms with Crippen LogP contribution in [0.25, 0.3) is 0 Å². The Hall–Kier alpha value is -1.71. The predicted octanol–water partition coefficient (Wildman–Crippen LogP) is 3.42. The topological polar surface area (TPSA) is 45.7 Å². The Labute approximate surface area is 134 Å². The Morgan fingerprint density at radius 3 is 2.86 bits per heavy atom. The lowest BCUT2D eigenvalue weighted by molar-refractivity contribution is 0.405. The molecule has 22 heavy (non-hydrogen) atoms. The highest BCUT2D eigenvalue weighted by Crippen LogP contribution is 2.34. The maximum Gasteiger partial charge on any atom is 0.191 e. The average Bonchev–Trinajstić information content (AvgIpc) is 3.24. The van der Waals surface area contributed by atoms with Gasteiger partial charge in [-0.05, 0) is 38.7 Å². The molecule has 122 valence electrons. The normalized spacial score (nSPS) is 22.1. The van der Waals surface area contributed by atoms with Gasteiger partial charge in [0.1, 0.15) is 5.75 Å². The van der Waals surface area contributed by atoms with Crippen LogP contribution >= 0.6 is 0 Å². The molecule has 0 heterocycles. The Morgan fingerprint density at radius 2 is 2.23 bits per heavy atom. The van der Waals surface area contributed by atoms with Gasteiger partial charge in [0.25, 0.3) is 0 Å². The molecule has 1 aliphatic rings. The van der Waals surface area contributed by atoms with Crippen molar-refractivity contribution in [3.05, 3.63) is 29.3 Å². The van der Waals surface area contributed by atoms with E-state index in [4.69, 9.17) is 4.74 Å². The monoisotopic (exact) mass is 303 g/mol. The van der Waals surface area contributed by atoms with Crippen LogP contribution in [-0.2, 0) is 0 Å². The highest BCUT2D eigenvalue weighted by molar-refractivity contribution is 5.80. The van der Waals surface area contributed by atoms with Crippen molar-refractivity contribution in [1.29, 1.82) is 0 Å². The van der Waals surface area contributed by atoms with Gasteiger partial charge < -0.3 is 15.4 Å². The molecule has 0 spiro atoms. The fourth-order valence-corrected chi connectivity index (χ4v) is 2.94. The van der Waals surface area contributed by atoms with Crippen molar-refractivity contribution in [2.75, 3.05) is 14.2 Å². The fraction of sp³-hybridized carbons (Fsp3) is 0.611. The van der Waals surface area contributed by atoms with Crippen LogP contribution in [0.2, 0.25) is 0 Å². The van der Waals surface area contributed by atoms with E-state index in [0.29, 0.717) is 6.04 Å². The lowest BCUT2D eigenvalue weighted by Crippen LogP contribution is -2.40. The summed E-state index contributed by atoms with van der Waals surface area (Å²) in [6.07, 6.45) is 3.82. The number of aliphatic imine (C=N–C) groups is 1. The molecule has 0 amide bonds. The number of methoxy groups -OCH3 is 1. The lowest BCUT2D eigenvalue weighted by Gasteiger charge is -2.21. The van der Waals surface area contributed by atoms with Crippen molar-refractivity contribution in [3.8, 4) is 5.75 Å². The van der Waals surface area contributed by atoms with Crippen molar-refractivity contribution in [3.63, 3.8) is 0 Å². The average molecular weight is 303 g/mol. The van der Waals surface area contributed by atoms with Crippen molar-refractivity contribution < 1.29 is 4.74 Å². The van der Waals surface area contributed by atoms with Gasteiger partial charge in [0.15, 0.2) is 5.96 Å². The Bertz CT molecular complexity index is 527. The molecule has 1 fully saturated rings. The molecule has 3 unspecified atom stereocenters. The summed E-state index contributed by atoms with van der Waals surface area (Å²) in [5.74, 6) is 2.60. The predicted molar refractivity (Wildman–Crippen MR) is 92.6 cm³/mol. The molecular formula is C18H29N3O. The second kappa shape index (κ2) is 7.52. The van der Waals surface area contributed by atoms with Gasteiger partial charge in [0.05, 0.1) is 13.2 Å². The van der Waals surface area contributed by atoms with Crippen LogP contribution in [0, 0.1) is 12.8 Å². The minimum Gasteiger partial charge on any atom is -0.496 e. The van der Waals surface area contributed by atoms with E-state index in [2.05, 4.69) is 48.5 Å². The van der Waals surface area contributed by atoms with Crippen molar-refractivity contribution in [2.24, 2.45) is 10.9 Å². The summed E-state index contributed by atoms with van der Waals surface area (Å²) in [7, 11) is 3.54. The molecular weight excluding hydrogens is 274 g/mol. The van der Waals surface area contributed by atoms with Gasteiger partial charge in [-0.3, -0.25) is 4.99 Å². The number of aryl methyl sites for hydroxylation is 1. The van der Waals surface area contributed by atoms with E-state index in [1.165, 1.54) is 24.8 Å². The van der Waals surface area contributed by atoms with Gasteiger partial charge in [-0.1, -0.05) is 31.0 Å². The highest BCUT2D eigenvalue weighted by Gasteiger charge is 2.36. The second-order valence-corrected chi connectivity index (χ2v) is 6.22. The minimum atomic E-state index is 0.143. The summed E-state index contributed by atoms with van der Waals surface area (Å²) >= 11 is 0. The third-order valence-corrected chi connectivity index (χ3v) is 4.33. The van der Waals surface area contributed by atoms with Crippen LogP contribution in [0.1, 0.15) is 50.3 Å². The van der Waals surface area contributed by atoms with Gasteiger partial charge in [0, 0.05) is 18.7 Å². The Balaban J connectivity index is 1.98. The molecule has 3 atom stereocenters. The molecule has 1 saturated carbocycles. The molecule has 1 aromatic carbocycles. The zero-order valence-electron chi connectivity index (χ0n) is 14.4. The van der Waals surface area contributed by atoms with Crippen LogP contribution in [0.4, 0.5) is 0 Å². The van der Waals surface area contributed by atoms with Gasteiger partial charge in [-0.2, -0.15) is 0 Å². The second-order valence-electron chi connectivity index (χ2n) is 6.22. The van der Waals surface area contributed by atoms with E-state index in [9.17, 15) is 0 Å². The maximum atomic E-state index is 5.48. The van der Waals surface area contributed by atoms with Crippen LogP contribution in [0.15, 0.2) is 23.2 Å². The van der Waals surface area contributed by atoms with Crippen molar-refractivity contribution >= 4 is 5.96 Å². The molecule has 1 aromatic rings. The molecule has 0 saturated heterocycles. The zero-order chi connectivity index (χ0) is 16.1. The summed E-state index contributed by atoms with van der Waals surface area (Å²) in [6, 6.07) is 6.99. The van der Waals surface area contributed by atoms with Crippen LogP contribution in [0.3, 0.4) is 0 Å². The van der Waals surface area contributed by atoms with Crippen LogP contribution in [-0.4, -0.2) is 26.2 Å². The van der Waals surface area contributed by atoms with Gasteiger partial charge in [-0.15, -0.1) is 0 Å². The number of nitrogens with one attached hydrogen (secondary N) is 2. The number of guanidine groups is 1. The van der Waals surface area contributed by atoms with E-state index in [1.807, 2.05) is 13.1 Å². The summed E-state index contributed by atoms with van der Waals surface area (Å²) in [6.45, 7) is 6.48. The van der Waals surface area contributed by atoms with Gasteiger partial charge in [-0.25, -0.2) is 0 Å². The summed E-state index contributed by atoms with van der Waals surface area (Å²) in [5.41, 5.74) is 2.39. The molecule has 0 aromatic heterocycles. The van der Waals surface area contributed by atoms with E-state index in [1.54, 1.807) is 7.11 Å². The third-order valence-electron chi connectivity index (χ3n) is 4.33. The Morgan fingerprint density at radius 1 is 1.45 bits per heavy atom. The standard InChI is InChI=1S/C18H29N3O/c1-6-7-14-11-16(14)21-18(19-4)20-13(3)15-10-12(2)8-9-17(15)22-5/h8-10,13-14,16H,6-7,11H2,1-5H3,(H2,19,20,21). The van der Waals surface area contributed by atoms with Crippen molar-refractivity contribution in [1.82, 2.24) is 10.6 Å². The van der Waals surface area contributed by atoms with E-state index in [0.717, 1.165) is 23.2 Å². The van der Waals surface area contributed by atoms with Crippen molar-refractivity contribution in [2.45, 2.75) is 52.1 Å². The van der Waals surface area contributed by atoms with E-state index >= 15 is 0 Å². The summed E-state index contributed by atoms with van der Waals surface area (Å²) < 4.78 is 5.48. The largest absolute Gasteiger partial charge is 0.496 e. The first-order valence-corrected chi connectivity index (χ1v) is 8.23. The quantitative estimate of drug-likeness (QED) is 0.625. The maximum absolute atomic E-state index is 5.48. The van der Waals surface area contributed by atoms with Crippen LogP contribution < -0.4 is 15.4 Å². The molecule has 2 N–H and O–H groups in total. The molecule has 4 nitrogen and oxygen atoms in total. The van der Waals surface area contributed by atoms with E-state index in [-0.39, 0.29) is 6.04 Å². The smallest absolute Gasteiger partial charge is 0.191 e. The number of rotatable bonds is 6. The first kappa shape index (κ1) is 16.7. The van der Waals surface area contributed by atoms with E-state index < -0.39 is 0 Å². The number of hydrogen-bond acceptors (Lipinski definition) is 2. The molecule has 2 rings (SSSR count). The number of hydrogen-bond donors (Lipinski definition) is 2. The molecule has 0 radical (unpaired) electrons. The fourth-order valence-electron chi connectivity index (χ4n) is 2.94. The summed E-state index contributed by atoms with van der Waals surface area (Å²) in [5, 5.41) is 7.00.